The third kappa shape index (κ3) is 4.16. The molecule has 118 valence electrons. The van der Waals surface area contributed by atoms with Crippen LogP contribution in [-0.2, 0) is 9.53 Å². The van der Waals surface area contributed by atoms with Crippen molar-refractivity contribution in [1.82, 2.24) is 0 Å². The third-order valence-corrected chi connectivity index (χ3v) is 3.71. The number of hydrogen-bond acceptors (Lipinski definition) is 3. The Morgan fingerprint density at radius 3 is 2.65 bits per heavy atom. The molecule has 2 aromatic rings. The predicted octanol–water partition coefficient (Wildman–Crippen LogP) is 4.71. The fourth-order valence-corrected chi connectivity index (χ4v) is 2.33. The zero-order valence-electron chi connectivity index (χ0n) is 12.2. The number of alkyl halides is 1. The number of benzene rings is 2. The van der Waals surface area contributed by atoms with Gasteiger partial charge in [-0.25, -0.2) is 9.64 Å². The van der Waals surface area contributed by atoms with E-state index in [2.05, 4.69) is 16.7 Å². The van der Waals surface area contributed by atoms with Gasteiger partial charge in [-0.15, -0.1) is 11.6 Å². The van der Waals surface area contributed by atoms with Gasteiger partial charge in [0.1, 0.15) is 11.1 Å². The summed E-state index contributed by atoms with van der Waals surface area (Å²) in [5, 5.41) is 4.79. The first-order valence-corrected chi connectivity index (χ1v) is 7.72. The lowest BCUT2D eigenvalue weighted by Gasteiger charge is -2.17. The van der Waals surface area contributed by atoms with E-state index in [9.17, 15) is 4.79 Å². The molecule has 6 heteroatoms. The van der Waals surface area contributed by atoms with Gasteiger partial charge in [0.05, 0.1) is 19.0 Å². The minimum absolute atomic E-state index is 0.126. The Hall–Kier alpha value is -2.22. The summed E-state index contributed by atoms with van der Waals surface area (Å²) in [7, 11) is 0. The molecule has 0 aliphatic rings. The topological polar surface area (TPSA) is 42.7 Å². The van der Waals surface area contributed by atoms with Crippen LogP contribution in [0.15, 0.2) is 48.0 Å². The molecule has 0 aliphatic carbocycles. The molecule has 0 aliphatic heterocycles. The number of carbonyl (C=O) groups is 1. The maximum Gasteiger partial charge on any atom is 0.349 e. The Kier molecular flexibility index (Phi) is 5.86. The van der Waals surface area contributed by atoms with Crippen LogP contribution < -0.4 is 5.32 Å². The molecule has 0 fully saturated rings. The van der Waals surface area contributed by atoms with Crippen LogP contribution >= 0.6 is 23.2 Å². The number of carbonyl (C=O) groups excluding carboxylic acids is 1. The third-order valence-electron chi connectivity index (χ3n) is 3.21. The molecule has 4 nitrogen and oxygen atoms in total. The molecule has 0 saturated carbocycles. The first kappa shape index (κ1) is 17.1. The van der Waals surface area contributed by atoms with E-state index in [0.717, 1.165) is 16.5 Å². The molecule has 0 bridgehead atoms. The van der Waals surface area contributed by atoms with Crippen molar-refractivity contribution in [3.05, 3.63) is 59.4 Å². The van der Waals surface area contributed by atoms with Crippen molar-refractivity contribution in [2.24, 2.45) is 0 Å². The number of ether oxygens (including phenoxy) is 1. The largest absolute Gasteiger partial charge is 0.455 e. The second-order valence-corrected chi connectivity index (χ2v) is 5.52. The van der Waals surface area contributed by atoms with Crippen molar-refractivity contribution in [2.75, 3.05) is 17.7 Å². The summed E-state index contributed by atoms with van der Waals surface area (Å²) >= 11 is 11.3. The van der Waals surface area contributed by atoms with Gasteiger partial charge in [0.25, 0.3) is 0 Å². The van der Waals surface area contributed by atoms with Crippen LogP contribution in [0.5, 0.6) is 0 Å². The molecule has 0 radical (unpaired) electrons. The quantitative estimate of drug-likeness (QED) is 0.356. The van der Waals surface area contributed by atoms with Crippen LogP contribution in [-0.4, -0.2) is 24.5 Å². The second-order valence-electron chi connectivity index (χ2n) is 4.76. The molecule has 1 atom stereocenters. The SMILES string of the molecule is [C-]#[N+]c1cccc2c(NCC(CCl)OC(=O)C(=C)Cl)cccc12. The zero-order chi connectivity index (χ0) is 16.8. The molecule has 0 spiro atoms. The summed E-state index contributed by atoms with van der Waals surface area (Å²) in [6.07, 6.45) is -0.543. The zero-order valence-corrected chi connectivity index (χ0v) is 13.7. The van der Waals surface area contributed by atoms with E-state index in [-0.39, 0.29) is 10.9 Å². The minimum Gasteiger partial charge on any atom is -0.455 e. The molecule has 2 aromatic carbocycles. The molecule has 0 amide bonds. The second kappa shape index (κ2) is 7.87. The van der Waals surface area contributed by atoms with Crippen LogP contribution in [0.4, 0.5) is 11.4 Å². The number of rotatable bonds is 6. The summed E-state index contributed by atoms with van der Waals surface area (Å²) in [5.41, 5.74) is 1.42. The van der Waals surface area contributed by atoms with E-state index >= 15 is 0 Å². The Labute approximate surface area is 144 Å². The van der Waals surface area contributed by atoms with Gasteiger partial charge < -0.3 is 10.1 Å². The molecule has 23 heavy (non-hydrogen) atoms. The Balaban J connectivity index is 2.17. The predicted molar refractivity (Wildman–Crippen MR) is 94.3 cm³/mol. The minimum atomic E-state index is -0.688. The first-order chi connectivity index (χ1) is 11.1. The van der Waals surface area contributed by atoms with Crippen molar-refractivity contribution >= 4 is 51.3 Å². The molecule has 1 N–H and O–H groups in total. The smallest absolute Gasteiger partial charge is 0.349 e. The summed E-state index contributed by atoms with van der Waals surface area (Å²) in [6.45, 7) is 10.9. The maximum atomic E-state index is 11.4. The van der Waals surface area contributed by atoms with E-state index in [1.165, 1.54) is 0 Å². The number of esters is 1. The molecular formula is C17H14Cl2N2O2. The molecule has 2 rings (SSSR count). The van der Waals surface area contributed by atoms with E-state index in [1.54, 1.807) is 6.07 Å². The number of hydrogen-bond donors (Lipinski definition) is 1. The van der Waals surface area contributed by atoms with Crippen molar-refractivity contribution in [1.29, 1.82) is 0 Å². The lowest BCUT2D eigenvalue weighted by atomic mass is 10.1. The van der Waals surface area contributed by atoms with Crippen molar-refractivity contribution in [3.63, 3.8) is 0 Å². The normalized spacial score (nSPS) is 11.5. The highest BCUT2D eigenvalue weighted by Gasteiger charge is 2.15. The average molecular weight is 349 g/mol. The van der Waals surface area contributed by atoms with Gasteiger partial charge in [-0.3, -0.25) is 0 Å². The van der Waals surface area contributed by atoms with E-state index in [1.807, 2.05) is 30.3 Å². The Morgan fingerprint density at radius 2 is 2.00 bits per heavy atom. The Morgan fingerprint density at radius 1 is 1.30 bits per heavy atom. The van der Waals surface area contributed by atoms with Gasteiger partial charge in [0.15, 0.2) is 5.69 Å². The average Bonchev–Trinajstić information content (AvgIpc) is 2.57. The van der Waals surface area contributed by atoms with Gasteiger partial charge in [-0.1, -0.05) is 48.5 Å². The van der Waals surface area contributed by atoms with Crippen LogP contribution in [0.2, 0.25) is 0 Å². The summed E-state index contributed by atoms with van der Waals surface area (Å²) in [6, 6.07) is 11.2. The molecule has 1 unspecified atom stereocenters. The highest BCUT2D eigenvalue weighted by atomic mass is 35.5. The molecular weight excluding hydrogens is 335 g/mol. The van der Waals surface area contributed by atoms with Gasteiger partial charge in [-0.05, 0) is 16.8 Å². The summed E-state index contributed by atoms with van der Waals surface area (Å²) < 4.78 is 5.13. The fourth-order valence-electron chi connectivity index (χ4n) is 2.11. The first-order valence-electron chi connectivity index (χ1n) is 6.81. The van der Waals surface area contributed by atoms with Gasteiger partial charge in [-0.2, -0.15) is 0 Å². The standard InChI is InChI=1S/C17H14Cl2N2O2/c1-11(19)17(22)23-12(9-18)10-21-16-8-4-5-13-14(16)6-3-7-15(13)20-2/h3-8,12,21H,1,9-10H2. The maximum absolute atomic E-state index is 11.4. The molecule has 0 aromatic heterocycles. The van der Waals surface area contributed by atoms with E-state index in [0.29, 0.717) is 12.2 Å². The van der Waals surface area contributed by atoms with Gasteiger partial charge in [0.2, 0.25) is 0 Å². The van der Waals surface area contributed by atoms with Crippen LogP contribution in [0.25, 0.3) is 15.6 Å². The molecule has 0 heterocycles. The Bertz CT molecular complexity index is 784. The summed E-state index contributed by atoms with van der Waals surface area (Å²) in [4.78, 5) is 15.0. The lowest BCUT2D eigenvalue weighted by Crippen LogP contribution is -2.27. The number of nitrogens with zero attached hydrogens (tertiary/aromatic N) is 1. The number of anilines is 1. The van der Waals surface area contributed by atoms with Crippen LogP contribution in [0, 0.1) is 6.57 Å². The van der Waals surface area contributed by atoms with Crippen molar-refractivity contribution in [3.8, 4) is 0 Å². The number of nitrogens with one attached hydrogen (secondary N) is 1. The van der Waals surface area contributed by atoms with E-state index < -0.39 is 12.1 Å². The van der Waals surface area contributed by atoms with Crippen LogP contribution in [0.1, 0.15) is 0 Å². The number of fused-ring (bicyclic) bond motifs is 1. The van der Waals surface area contributed by atoms with Crippen LogP contribution in [0.3, 0.4) is 0 Å². The van der Waals surface area contributed by atoms with Crippen molar-refractivity contribution in [2.45, 2.75) is 6.10 Å². The molecule has 0 saturated heterocycles. The number of halogens is 2. The fraction of sp³-hybridized carbons (Fsp3) is 0.176. The van der Waals surface area contributed by atoms with Crippen molar-refractivity contribution < 1.29 is 9.53 Å². The summed E-state index contributed by atoms with van der Waals surface area (Å²) in [5.74, 6) is -0.562. The monoisotopic (exact) mass is 348 g/mol. The highest BCUT2D eigenvalue weighted by Crippen LogP contribution is 2.30. The van der Waals surface area contributed by atoms with Gasteiger partial charge in [0, 0.05) is 5.69 Å². The van der Waals surface area contributed by atoms with Gasteiger partial charge >= 0.3 is 5.97 Å². The highest BCUT2D eigenvalue weighted by molar-refractivity contribution is 6.40. The lowest BCUT2D eigenvalue weighted by molar-refractivity contribution is -0.141. The van der Waals surface area contributed by atoms with E-state index in [4.69, 9.17) is 34.5 Å².